The maximum Gasteiger partial charge on any atom is 0.274 e. The molecule has 3 aromatic rings. The molecule has 1 aliphatic heterocycles. The Morgan fingerprint density at radius 3 is 2.68 bits per heavy atom. The van der Waals surface area contributed by atoms with Gasteiger partial charge >= 0.3 is 0 Å². The third-order valence-electron chi connectivity index (χ3n) is 5.32. The summed E-state index contributed by atoms with van der Waals surface area (Å²) in [5, 5.41) is 4.37. The zero-order valence-corrected chi connectivity index (χ0v) is 16.0. The van der Waals surface area contributed by atoms with Crippen molar-refractivity contribution >= 4 is 5.91 Å². The Hall–Kier alpha value is -3.06. The van der Waals surface area contributed by atoms with Crippen molar-refractivity contribution in [1.82, 2.24) is 29.5 Å². The fraction of sp³-hybridized carbons (Fsp3) is 0.333. The second kappa shape index (κ2) is 8.31. The number of piperidine rings is 1. The molecule has 1 aromatic carbocycles. The van der Waals surface area contributed by atoms with E-state index in [1.165, 1.54) is 11.8 Å². The molecule has 0 atom stereocenters. The van der Waals surface area contributed by atoms with Crippen molar-refractivity contribution in [2.45, 2.75) is 25.4 Å². The number of rotatable bonds is 5. The molecule has 3 heterocycles. The first-order valence-electron chi connectivity index (χ1n) is 9.56. The minimum Gasteiger partial charge on any atom is -0.337 e. The van der Waals surface area contributed by atoms with Crippen LogP contribution in [0, 0.1) is 0 Å². The number of amides is 1. The van der Waals surface area contributed by atoms with E-state index in [-0.39, 0.29) is 5.91 Å². The third-order valence-corrected chi connectivity index (χ3v) is 5.32. The summed E-state index contributed by atoms with van der Waals surface area (Å²) in [7, 11) is 2.16. The van der Waals surface area contributed by atoms with Gasteiger partial charge in [-0.05, 0) is 37.6 Å². The second-order valence-electron chi connectivity index (χ2n) is 7.11. The van der Waals surface area contributed by atoms with Gasteiger partial charge in [0, 0.05) is 50.5 Å². The Morgan fingerprint density at radius 2 is 1.96 bits per heavy atom. The lowest BCUT2D eigenvalue weighted by Crippen LogP contribution is -2.45. The number of hydrogen-bond acceptors (Lipinski definition) is 5. The highest BCUT2D eigenvalue weighted by Crippen LogP contribution is 2.21. The number of nitrogens with zero attached hydrogens (tertiary/aromatic N) is 6. The monoisotopic (exact) mass is 376 g/mol. The van der Waals surface area contributed by atoms with Crippen molar-refractivity contribution in [2.75, 3.05) is 20.1 Å². The van der Waals surface area contributed by atoms with E-state index >= 15 is 0 Å². The molecule has 0 radical (unpaired) electrons. The Kier molecular flexibility index (Phi) is 5.43. The van der Waals surface area contributed by atoms with Crippen LogP contribution in [0.2, 0.25) is 0 Å². The standard InChI is InChI=1S/C21H24N6O/c1-25(16-17-5-2-3-6-20(17)27-12-4-9-24-27)18-7-13-26(14-8-18)21(28)19-15-22-10-11-23-19/h2-6,9-12,15,18H,7-8,13-14,16H2,1H3. The SMILES string of the molecule is CN(Cc1ccccc1-n1cccn1)C1CCN(C(=O)c2cnccn2)CC1. The van der Waals surface area contributed by atoms with Gasteiger partial charge < -0.3 is 4.90 Å². The smallest absolute Gasteiger partial charge is 0.274 e. The van der Waals surface area contributed by atoms with E-state index in [1.807, 2.05) is 27.9 Å². The van der Waals surface area contributed by atoms with Crippen molar-refractivity contribution < 1.29 is 4.79 Å². The van der Waals surface area contributed by atoms with Crippen LogP contribution in [0.25, 0.3) is 5.69 Å². The predicted octanol–water partition coefficient (Wildman–Crippen LogP) is 2.40. The van der Waals surface area contributed by atoms with Crippen LogP contribution >= 0.6 is 0 Å². The van der Waals surface area contributed by atoms with Gasteiger partial charge in [0.1, 0.15) is 5.69 Å². The van der Waals surface area contributed by atoms with Gasteiger partial charge in [-0.2, -0.15) is 5.10 Å². The molecule has 1 aliphatic rings. The average molecular weight is 376 g/mol. The molecule has 0 bridgehead atoms. The number of benzene rings is 1. The van der Waals surface area contributed by atoms with E-state index in [1.54, 1.807) is 18.6 Å². The van der Waals surface area contributed by atoms with Crippen molar-refractivity contribution in [3.8, 4) is 5.69 Å². The van der Waals surface area contributed by atoms with Crippen molar-refractivity contribution in [3.05, 3.63) is 72.6 Å². The highest BCUT2D eigenvalue weighted by molar-refractivity contribution is 5.92. The Balaban J connectivity index is 1.38. The van der Waals surface area contributed by atoms with Crippen molar-refractivity contribution in [2.24, 2.45) is 0 Å². The first kappa shape index (κ1) is 18.3. The number of hydrogen-bond donors (Lipinski definition) is 0. The molecule has 1 saturated heterocycles. The molecule has 0 spiro atoms. The van der Waals surface area contributed by atoms with Gasteiger partial charge in [-0.15, -0.1) is 0 Å². The van der Waals surface area contributed by atoms with Crippen LogP contribution < -0.4 is 0 Å². The lowest BCUT2D eigenvalue weighted by Gasteiger charge is -2.36. The zero-order valence-electron chi connectivity index (χ0n) is 16.0. The van der Waals surface area contributed by atoms with E-state index in [0.717, 1.165) is 38.2 Å². The molecule has 7 nitrogen and oxygen atoms in total. The summed E-state index contributed by atoms with van der Waals surface area (Å²) in [6.07, 6.45) is 10.3. The van der Waals surface area contributed by atoms with Crippen molar-refractivity contribution in [3.63, 3.8) is 0 Å². The summed E-state index contributed by atoms with van der Waals surface area (Å²) in [6.45, 7) is 2.33. The first-order chi connectivity index (χ1) is 13.7. The molecular weight excluding hydrogens is 352 g/mol. The Morgan fingerprint density at radius 1 is 1.14 bits per heavy atom. The maximum absolute atomic E-state index is 12.5. The summed E-state index contributed by atoms with van der Waals surface area (Å²) in [5.74, 6) is -0.0294. The minimum atomic E-state index is -0.0294. The molecule has 0 saturated carbocycles. The molecule has 1 amide bonds. The molecule has 28 heavy (non-hydrogen) atoms. The summed E-state index contributed by atoms with van der Waals surface area (Å²) in [5.41, 5.74) is 2.77. The van der Waals surface area contributed by atoms with Gasteiger partial charge in [-0.25, -0.2) is 9.67 Å². The molecular formula is C21H24N6O. The zero-order chi connectivity index (χ0) is 19.3. The van der Waals surface area contributed by atoms with Crippen LogP contribution in [0.4, 0.5) is 0 Å². The average Bonchev–Trinajstić information content (AvgIpc) is 3.29. The number of carbonyl (C=O) groups is 1. The van der Waals surface area contributed by atoms with Gasteiger partial charge in [0.25, 0.3) is 5.91 Å². The van der Waals surface area contributed by atoms with E-state index in [4.69, 9.17) is 0 Å². The highest BCUT2D eigenvalue weighted by atomic mass is 16.2. The van der Waals surface area contributed by atoms with Gasteiger partial charge in [-0.1, -0.05) is 18.2 Å². The Labute approximate surface area is 164 Å². The minimum absolute atomic E-state index is 0.0294. The second-order valence-corrected chi connectivity index (χ2v) is 7.11. The number of carbonyl (C=O) groups excluding carboxylic acids is 1. The summed E-state index contributed by atoms with van der Waals surface area (Å²) in [4.78, 5) is 24.9. The van der Waals surface area contributed by atoms with Gasteiger partial charge in [0.2, 0.25) is 0 Å². The third kappa shape index (κ3) is 3.94. The van der Waals surface area contributed by atoms with Gasteiger partial charge in [0.05, 0.1) is 11.9 Å². The lowest BCUT2D eigenvalue weighted by atomic mass is 10.0. The number of aromatic nitrogens is 4. The van der Waals surface area contributed by atoms with Crippen LogP contribution in [0.5, 0.6) is 0 Å². The fourth-order valence-corrected chi connectivity index (χ4v) is 3.76. The topological polar surface area (TPSA) is 67.2 Å². The molecule has 0 aliphatic carbocycles. The molecule has 4 rings (SSSR count). The maximum atomic E-state index is 12.5. The van der Waals surface area contributed by atoms with E-state index in [2.05, 4.69) is 45.2 Å². The summed E-state index contributed by atoms with van der Waals surface area (Å²) < 4.78 is 1.91. The molecule has 7 heteroatoms. The fourth-order valence-electron chi connectivity index (χ4n) is 3.76. The molecule has 0 N–H and O–H groups in total. The lowest BCUT2D eigenvalue weighted by molar-refractivity contribution is 0.0633. The molecule has 1 fully saturated rings. The number of likely N-dealkylation sites (tertiary alicyclic amines) is 1. The van der Waals surface area contributed by atoms with E-state index in [0.29, 0.717) is 11.7 Å². The van der Waals surface area contributed by atoms with Crippen LogP contribution in [0.1, 0.15) is 28.9 Å². The largest absolute Gasteiger partial charge is 0.337 e. The molecule has 0 unspecified atom stereocenters. The van der Waals surface area contributed by atoms with Crippen molar-refractivity contribution in [1.29, 1.82) is 0 Å². The van der Waals surface area contributed by atoms with Gasteiger partial charge in [0.15, 0.2) is 0 Å². The van der Waals surface area contributed by atoms with Crippen LogP contribution in [0.15, 0.2) is 61.3 Å². The summed E-state index contributed by atoms with van der Waals surface area (Å²) >= 11 is 0. The van der Waals surface area contributed by atoms with Crippen LogP contribution in [-0.2, 0) is 6.54 Å². The van der Waals surface area contributed by atoms with Crippen LogP contribution in [0.3, 0.4) is 0 Å². The molecule has 2 aromatic heterocycles. The summed E-state index contributed by atoms with van der Waals surface area (Å²) in [6, 6.07) is 10.7. The normalized spacial score (nSPS) is 15.1. The first-order valence-corrected chi connectivity index (χ1v) is 9.56. The Bertz CT molecular complexity index is 904. The van der Waals surface area contributed by atoms with Crippen LogP contribution in [-0.4, -0.2) is 61.6 Å². The molecule has 144 valence electrons. The highest BCUT2D eigenvalue weighted by Gasteiger charge is 2.26. The predicted molar refractivity (Wildman–Crippen MR) is 106 cm³/mol. The van der Waals surface area contributed by atoms with Gasteiger partial charge in [-0.3, -0.25) is 14.7 Å². The van der Waals surface area contributed by atoms with E-state index < -0.39 is 0 Å². The quantitative estimate of drug-likeness (QED) is 0.684. The van der Waals surface area contributed by atoms with E-state index in [9.17, 15) is 4.79 Å². The number of para-hydroxylation sites is 1.